The van der Waals surface area contributed by atoms with E-state index in [-0.39, 0.29) is 5.56 Å². The molecule has 27 heavy (non-hydrogen) atoms. The van der Waals surface area contributed by atoms with Gasteiger partial charge in [0.05, 0.1) is 19.1 Å². The summed E-state index contributed by atoms with van der Waals surface area (Å²) in [4.78, 5) is 23.4. The highest BCUT2D eigenvalue weighted by molar-refractivity contribution is 6.16. The number of aryl methyl sites for hydroxylation is 1. The van der Waals surface area contributed by atoms with Crippen molar-refractivity contribution in [2.75, 3.05) is 14.2 Å². The number of nitro groups is 1. The molecule has 0 radical (unpaired) electrons. The third-order valence-electron chi connectivity index (χ3n) is 4.45. The molecule has 0 spiro atoms. The third-order valence-corrected chi connectivity index (χ3v) is 4.45. The van der Waals surface area contributed by atoms with Crippen molar-refractivity contribution in [2.24, 2.45) is 0 Å². The summed E-state index contributed by atoms with van der Waals surface area (Å²) in [5.41, 5.74) is 0.417. The molecule has 1 aliphatic carbocycles. The molecular weight excluding hydrogens is 354 g/mol. The number of phenols is 2. The summed E-state index contributed by atoms with van der Waals surface area (Å²) in [6.07, 6.45) is 2.30. The Morgan fingerprint density at radius 2 is 1.81 bits per heavy atom. The van der Waals surface area contributed by atoms with Crippen LogP contribution in [0.15, 0.2) is 29.8 Å². The Balaban J connectivity index is 2.08. The monoisotopic (exact) mass is 371 g/mol. The van der Waals surface area contributed by atoms with Gasteiger partial charge in [0.1, 0.15) is 5.56 Å². The molecule has 0 saturated heterocycles. The molecule has 0 aliphatic heterocycles. The lowest BCUT2D eigenvalue weighted by molar-refractivity contribution is -0.386. The minimum atomic E-state index is -0.903. The van der Waals surface area contributed by atoms with Gasteiger partial charge in [0, 0.05) is 5.57 Å². The normalized spacial score (nSPS) is 14.7. The van der Waals surface area contributed by atoms with Crippen LogP contribution in [0.4, 0.5) is 5.69 Å². The predicted octanol–water partition coefficient (Wildman–Crippen LogP) is 3.24. The van der Waals surface area contributed by atoms with Crippen molar-refractivity contribution in [3.63, 3.8) is 0 Å². The number of phenolic OH excluding ortho intramolecular Hbond substituents is 2. The van der Waals surface area contributed by atoms with E-state index in [9.17, 15) is 25.1 Å². The quantitative estimate of drug-likeness (QED) is 0.366. The summed E-state index contributed by atoms with van der Waals surface area (Å²) in [7, 11) is 3.01. The lowest BCUT2D eigenvalue weighted by Gasteiger charge is -2.18. The van der Waals surface area contributed by atoms with Crippen molar-refractivity contribution in [3.8, 4) is 23.0 Å². The Labute approximate surface area is 154 Å². The first-order valence-electron chi connectivity index (χ1n) is 8.06. The number of allylic oxidation sites excluding steroid dienone is 1. The first kappa shape index (κ1) is 18.2. The number of hydrogen-bond donors (Lipinski definition) is 2. The number of rotatable bonds is 4. The number of carbonyl (C=O) groups is 1. The van der Waals surface area contributed by atoms with Gasteiger partial charge in [-0.3, -0.25) is 14.9 Å². The van der Waals surface area contributed by atoms with Crippen LogP contribution in [0, 0.1) is 10.1 Å². The number of nitrogens with zero attached hydrogens (tertiary/aromatic N) is 1. The van der Waals surface area contributed by atoms with E-state index < -0.39 is 27.9 Å². The molecule has 2 aromatic rings. The first-order valence-corrected chi connectivity index (χ1v) is 8.06. The van der Waals surface area contributed by atoms with Gasteiger partial charge in [0.15, 0.2) is 23.0 Å². The molecule has 0 aromatic heterocycles. The summed E-state index contributed by atoms with van der Waals surface area (Å²) in [6.45, 7) is 0. The van der Waals surface area contributed by atoms with E-state index in [2.05, 4.69) is 0 Å². The van der Waals surface area contributed by atoms with E-state index in [0.29, 0.717) is 41.0 Å². The Morgan fingerprint density at radius 3 is 2.44 bits per heavy atom. The van der Waals surface area contributed by atoms with Crippen LogP contribution < -0.4 is 9.47 Å². The fraction of sp³-hybridized carbons (Fsp3) is 0.211. The van der Waals surface area contributed by atoms with Crippen molar-refractivity contribution in [3.05, 3.63) is 56.6 Å². The number of carbonyl (C=O) groups excluding carboxylic acids is 1. The number of benzene rings is 2. The van der Waals surface area contributed by atoms with Gasteiger partial charge in [0.25, 0.3) is 0 Å². The third kappa shape index (κ3) is 3.17. The summed E-state index contributed by atoms with van der Waals surface area (Å²) in [6, 6.07) is 6.32. The summed E-state index contributed by atoms with van der Waals surface area (Å²) >= 11 is 0. The summed E-state index contributed by atoms with van der Waals surface area (Å²) in [5, 5.41) is 30.9. The van der Waals surface area contributed by atoms with E-state index in [1.165, 1.54) is 20.3 Å². The summed E-state index contributed by atoms with van der Waals surface area (Å²) < 4.78 is 10.4. The molecule has 2 aromatic carbocycles. The molecule has 0 fully saturated rings. The van der Waals surface area contributed by atoms with E-state index in [1.54, 1.807) is 24.3 Å². The predicted molar refractivity (Wildman–Crippen MR) is 96.6 cm³/mol. The number of Topliss-reactive ketones (excluding diaryl/α,β-unsaturated/α-hetero) is 1. The van der Waals surface area contributed by atoms with Crippen LogP contribution in [0.25, 0.3) is 6.08 Å². The average Bonchev–Trinajstić information content (AvgIpc) is 2.65. The standard InChI is InChI=1S/C19H17NO7/c1-26-14-6-3-10(8-15(14)27-2)7-12-5-4-11-9-13(21)19(23)17(20(24)25)16(11)18(12)22/h3,6-9,21,23H,4-5H2,1-2H3. The van der Waals surface area contributed by atoms with Crippen LogP contribution in [-0.4, -0.2) is 35.1 Å². The number of aromatic hydroxyl groups is 2. The molecule has 1 aliphatic rings. The molecule has 0 saturated carbocycles. The lowest BCUT2D eigenvalue weighted by atomic mass is 9.84. The maximum absolute atomic E-state index is 12.9. The van der Waals surface area contributed by atoms with E-state index in [0.717, 1.165) is 0 Å². The molecule has 0 amide bonds. The number of fused-ring (bicyclic) bond motifs is 1. The summed E-state index contributed by atoms with van der Waals surface area (Å²) in [5.74, 6) is -1.03. The SMILES string of the molecule is COc1ccc(C=C2CCc3cc(O)c(O)c([N+](=O)[O-])c3C2=O)cc1OC. The molecule has 0 atom stereocenters. The lowest BCUT2D eigenvalue weighted by Crippen LogP contribution is -2.16. The topological polar surface area (TPSA) is 119 Å². The van der Waals surface area contributed by atoms with E-state index >= 15 is 0 Å². The largest absolute Gasteiger partial charge is 0.504 e. The van der Waals surface area contributed by atoms with Gasteiger partial charge in [-0.15, -0.1) is 0 Å². The fourth-order valence-corrected chi connectivity index (χ4v) is 3.15. The van der Waals surface area contributed by atoms with Crippen LogP contribution in [0.5, 0.6) is 23.0 Å². The molecular formula is C19H17NO7. The fourth-order valence-electron chi connectivity index (χ4n) is 3.15. The maximum Gasteiger partial charge on any atom is 0.326 e. The van der Waals surface area contributed by atoms with Crippen molar-refractivity contribution in [1.29, 1.82) is 0 Å². The number of nitro benzene ring substituents is 1. The van der Waals surface area contributed by atoms with Gasteiger partial charge in [-0.2, -0.15) is 0 Å². The highest BCUT2D eigenvalue weighted by Gasteiger charge is 2.35. The molecule has 8 nitrogen and oxygen atoms in total. The van der Waals surface area contributed by atoms with Crippen molar-refractivity contribution < 1.29 is 29.4 Å². The van der Waals surface area contributed by atoms with Gasteiger partial charge in [0.2, 0.25) is 5.75 Å². The molecule has 0 bridgehead atoms. The van der Waals surface area contributed by atoms with Gasteiger partial charge in [-0.05, 0) is 48.2 Å². The Bertz CT molecular complexity index is 979. The van der Waals surface area contributed by atoms with Crippen molar-refractivity contribution in [2.45, 2.75) is 12.8 Å². The minimum absolute atomic E-state index is 0.187. The molecule has 0 unspecified atom stereocenters. The Hall–Kier alpha value is -3.55. The van der Waals surface area contributed by atoms with E-state index in [4.69, 9.17) is 9.47 Å². The molecule has 3 rings (SSSR count). The van der Waals surface area contributed by atoms with Crippen LogP contribution in [-0.2, 0) is 6.42 Å². The van der Waals surface area contributed by atoms with E-state index in [1.807, 2.05) is 0 Å². The number of ketones is 1. The second-order valence-corrected chi connectivity index (χ2v) is 6.00. The Morgan fingerprint density at radius 1 is 1.11 bits per heavy atom. The van der Waals surface area contributed by atoms with Crippen LogP contribution >= 0.6 is 0 Å². The number of ether oxygens (including phenoxy) is 2. The van der Waals surface area contributed by atoms with Crippen LogP contribution in [0.3, 0.4) is 0 Å². The zero-order valence-electron chi connectivity index (χ0n) is 14.7. The second kappa shape index (κ2) is 6.99. The van der Waals surface area contributed by atoms with Gasteiger partial charge in [-0.25, -0.2) is 0 Å². The van der Waals surface area contributed by atoms with Gasteiger partial charge >= 0.3 is 5.69 Å². The van der Waals surface area contributed by atoms with Crippen molar-refractivity contribution in [1.82, 2.24) is 0 Å². The first-order chi connectivity index (χ1) is 12.9. The Kier molecular flexibility index (Phi) is 4.72. The number of methoxy groups -OCH3 is 2. The zero-order chi connectivity index (χ0) is 19.7. The van der Waals surface area contributed by atoms with Crippen molar-refractivity contribution >= 4 is 17.5 Å². The minimum Gasteiger partial charge on any atom is -0.504 e. The molecule has 140 valence electrons. The highest BCUT2D eigenvalue weighted by Crippen LogP contribution is 2.44. The van der Waals surface area contributed by atoms with Crippen LogP contribution in [0.2, 0.25) is 0 Å². The highest BCUT2D eigenvalue weighted by atomic mass is 16.6. The average molecular weight is 371 g/mol. The van der Waals surface area contributed by atoms with Gasteiger partial charge < -0.3 is 19.7 Å². The van der Waals surface area contributed by atoms with Crippen LogP contribution in [0.1, 0.15) is 27.9 Å². The molecule has 8 heteroatoms. The second-order valence-electron chi connectivity index (χ2n) is 6.00. The van der Waals surface area contributed by atoms with Gasteiger partial charge in [-0.1, -0.05) is 6.07 Å². The maximum atomic E-state index is 12.9. The molecule has 0 heterocycles. The number of hydrogen-bond acceptors (Lipinski definition) is 7. The zero-order valence-corrected chi connectivity index (χ0v) is 14.7. The molecule has 2 N–H and O–H groups in total. The smallest absolute Gasteiger partial charge is 0.326 e.